The molecule has 3 rings (SSSR count). The molecular formula is C17H25NO. The fourth-order valence-corrected chi connectivity index (χ4v) is 3.66. The summed E-state index contributed by atoms with van der Waals surface area (Å²) in [6.45, 7) is 0.756. The molecule has 0 saturated heterocycles. The van der Waals surface area contributed by atoms with Crippen LogP contribution in [0.15, 0.2) is 24.3 Å². The van der Waals surface area contributed by atoms with Crippen molar-refractivity contribution in [3.8, 4) is 0 Å². The summed E-state index contributed by atoms with van der Waals surface area (Å²) < 4.78 is 0. The Hall–Kier alpha value is -0.860. The molecule has 1 unspecified atom stereocenters. The third kappa shape index (κ3) is 3.01. The molecule has 2 N–H and O–H groups in total. The maximum Gasteiger partial charge on any atom is 0.0771 e. The number of benzene rings is 1. The van der Waals surface area contributed by atoms with Gasteiger partial charge in [0.25, 0.3) is 0 Å². The Labute approximate surface area is 116 Å². The van der Waals surface area contributed by atoms with E-state index in [1.165, 1.54) is 49.7 Å². The van der Waals surface area contributed by atoms with Crippen LogP contribution in [0, 0.1) is 0 Å². The Morgan fingerprint density at radius 3 is 2.74 bits per heavy atom. The van der Waals surface area contributed by atoms with Gasteiger partial charge in [-0.25, -0.2) is 0 Å². The SMILES string of the molecule is OC1(CNC2CCCCc3ccccc32)CCCC1. The second-order valence-electron chi connectivity index (χ2n) is 6.31. The predicted molar refractivity (Wildman–Crippen MR) is 78.2 cm³/mol. The average Bonchev–Trinajstić information content (AvgIpc) is 2.75. The van der Waals surface area contributed by atoms with Crippen LogP contribution in [0.5, 0.6) is 0 Å². The normalized spacial score (nSPS) is 25.8. The summed E-state index contributed by atoms with van der Waals surface area (Å²) >= 11 is 0. The van der Waals surface area contributed by atoms with Crippen molar-refractivity contribution in [2.45, 2.75) is 63.0 Å². The number of rotatable bonds is 3. The lowest BCUT2D eigenvalue weighted by Gasteiger charge is -2.27. The Balaban J connectivity index is 1.70. The maximum atomic E-state index is 10.5. The van der Waals surface area contributed by atoms with Gasteiger partial charge in [-0.2, -0.15) is 0 Å². The monoisotopic (exact) mass is 259 g/mol. The average molecular weight is 259 g/mol. The lowest BCUT2D eigenvalue weighted by atomic mass is 9.97. The van der Waals surface area contributed by atoms with Crippen molar-refractivity contribution >= 4 is 0 Å². The molecule has 1 atom stereocenters. The van der Waals surface area contributed by atoms with Crippen LogP contribution in [-0.4, -0.2) is 17.3 Å². The second kappa shape index (κ2) is 5.64. The predicted octanol–water partition coefficient (Wildman–Crippen LogP) is 3.35. The Morgan fingerprint density at radius 2 is 1.89 bits per heavy atom. The van der Waals surface area contributed by atoms with Gasteiger partial charge in [0.1, 0.15) is 0 Å². The first-order valence-corrected chi connectivity index (χ1v) is 7.80. The standard InChI is InChI=1S/C17H25NO/c19-17(11-5-6-12-17)13-18-16-10-4-2-8-14-7-1-3-9-15(14)16/h1,3,7,9,16,18-19H,2,4-6,8,10-13H2. The van der Waals surface area contributed by atoms with Gasteiger partial charge in [0, 0.05) is 12.6 Å². The summed E-state index contributed by atoms with van der Waals surface area (Å²) in [6.07, 6.45) is 9.28. The van der Waals surface area contributed by atoms with Gasteiger partial charge in [-0.3, -0.25) is 0 Å². The highest BCUT2D eigenvalue weighted by molar-refractivity contribution is 5.31. The van der Waals surface area contributed by atoms with Crippen molar-refractivity contribution in [3.05, 3.63) is 35.4 Å². The Bertz CT molecular complexity index is 423. The molecule has 1 aromatic carbocycles. The number of aliphatic hydroxyl groups is 1. The van der Waals surface area contributed by atoms with E-state index in [9.17, 15) is 5.11 Å². The van der Waals surface area contributed by atoms with Gasteiger partial charge < -0.3 is 10.4 Å². The lowest BCUT2D eigenvalue weighted by Crippen LogP contribution is -2.39. The van der Waals surface area contributed by atoms with E-state index in [2.05, 4.69) is 29.6 Å². The molecular weight excluding hydrogens is 234 g/mol. The summed E-state index contributed by atoms with van der Waals surface area (Å²) in [4.78, 5) is 0. The van der Waals surface area contributed by atoms with E-state index < -0.39 is 5.60 Å². The molecule has 19 heavy (non-hydrogen) atoms. The van der Waals surface area contributed by atoms with Gasteiger partial charge in [-0.05, 0) is 43.2 Å². The minimum Gasteiger partial charge on any atom is -0.389 e. The molecule has 2 nitrogen and oxygen atoms in total. The number of hydrogen-bond donors (Lipinski definition) is 2. The molecule has 2 aliphatic carbocycles. The number of nitrogens with one attached hydrogen (secondary N) is 1. The molecule has 0 bridgehead atoms. The molecule has 104 valence electrons. The topological polar surface area (TPSA) is 32.3 Å². The molecule has 0 heterocycles. The van der Waals surface area contributed by atoms with Crippen LogP contribution in [-0.2, 0) is 6.42 Å². The molecule has 1 saturated carbocycles. The van der Waals surface area contributed by atoms with E-state index in [-0.39, 0.29) is 0 Å². The highest BCUT2D eigenvalue weighted by Crippen LogP contribution is 2.32. The van der Waals surface area contributed by atoms with Crippen molar-refractivity contribution in [1.82, 2.24) is 5.32 Å². The van der Waals surface area contributed by atoms with Crippen LogP contribution in [0.2, 0.25) is 0 Å². The van der Waals surface area contributed by atoms with Crippen LogP contribution >= 0.6 is 0 Å². The van der Waals surface area contributed by atoms with Crippen LogP contribution in [0.25, 0.3) is 0 Å². The molecule has 0 aliphatic heterocycles. The van der Waals surface area contributed by atoms with Gasteiger partial charge in [0.05, 0.1) is 5.60 Å². The van der Waals surface area contributed by atoms with Gasteiger partial charge >= 0.3 is 0 Å². The van der Waals surface area contributed by atoms with Gasteiger partial charge in [0.15, 0.2) is 0 Å². The molecule has 0 amide bonds. The zero-order valence-corrected chi connectivity index (χ0v) is 11.7. The van der Waals surface area contributed by atoms with Gasteiger partial charge in [-0.15, -0.1) is 0 Å². The van der Waals surface area contributed by atoms with Gasteiger partial charge in [0.2, 0.25) is 0 Å². The summed E-state index contributed by atoms with van der Waals surface area (Å²) in [7, 11) is 0. The van der Waals surface area contributed by atoms with E-state index in [0.29, 0.717) is 6.04 Å². The number of fused-ring (bicyclic) bond motifs is 1. The summed E-state index contributed by atoms with van der Waals surface area (Å²) in [5.41, 5.74) is 2.51. The molecule has 1 fully saturated rings. The fraction of sp³-hybridized carbons (Fsp3) is 0.647. The minimum absolute atomic E-state index is 0.434. The third-order valence-corrected chi connectivity index (χ3v) is 4.83. The zero-order chi connectivity index (χ0) is 13.1. The van der Waals surface area contributed by atoms with Crippen molar-refractivity contribution in [3.63, 3.8) is 0 Å². The second-order valence-corrected chi connectivity index (χ2v) is 6.31. The maximum absolute atomic E-state index is 10.5. The molecule has 0 aromatic heterocycles. The van der Waals surface area contributed by atoms with Crippen LogP contribution < -0.4 is 5.32 Å². The quantitative estimate of drug-likeness (QED) is 0.816. The van der Waals surface area contributed by atoms with Crippen molar-refractivity contribution in [2.24, 2.45) is 0 Å². The van der Waals surface area contributed by atoms with Gasteiger partial charge in [-0.1, -0.05) is 43.5 Å². The van der Waals surface area contributed by atoms with Crippen molar-refractivity contribution in [1.29, 1.82) is 0 Å². The summed E-state index contributed by atoms with van der Waals surface area (Å²) in [6, 6.07) is 9.24. The largest absolute Gasteiger partial charge is 0.389 e. The molecule has 2 heteroatoms. The van der Waals surface area contributed by atoms with Crippen molar-refractivity contribution in [2.75, 3.05) is 6.54 Å². The van der Waals surface area contributed by atoms with Crippen LogP contribution in [0.3, 0.4) is 0 Å². The summed E-state index contributed by atoms with van der Waals surface area (Å²) in [5.74, 6) is 0. The third-order valence-electron chi connectivity index (χ3n) is 4.83. The smallest absolute Gasteiger partial charge is 0.0771 e. The number of hydrogen-bond acceptors (Lipinski definition) is 2. The summed E-state index contributed by atoms with van der Waals surface area (Å²) in [5, 5.41) is 14.1. The lowest BCUT2D eigenvalue weighted by molar-refractivity contribution is 0.0444. The molecule has 1 aromatic rings. The van der Waals surface area contributed by atoms with Crippen molar-refractivity contribution < 1.29 is 5.11 Å². The van der Waals surface area contributed by atoms with Crippen LogP contribution in [0.4, 0.5) is 0 Å². The highest BCUT2D eigenvalue weighted by Gasteiger charge is 2.31. The Kier molecular flexibility index (Phi) is 3.90. The van der Waals surface area contributed by atoms with E-state index in [4.69, 9.17) is 0 Å². The first-order chi connectivity index (χ1) is 9.27. The fourth-order valence-electron chi connectivity index (χ4n) is 3.66. The molecule has 0 spiro atoms. The van der Waals surface area contributed by atoms with E-state index in [1.807, 2.05) is 0 Å². The minimum atomic E-state index is -0.443. The Morgan fingerprint density at radius 1 is 1.11 bits per heavy atom. The van der Waals surface area contributed by atoms with E-state index >= 15 is 0 Å². The molecule has 0 radical (unpaired) electrons. The van der Waals surface area contributed by atoms with Crippen LogP contribution in [0.1, 0.15) is 62.1 Å². The first-order valence-electron chi connectivity index (χ1n) is 7.80. The number of aryl methyl sites for hydroxylation is 1. The zero-order valence-electron chi connectivity index (χ0n) is 11.7. The molecule has 2 aliphatic rings. The highest BCUT2D eigenvalue weighted by atomic mass is 16.3. The van der Waals surface area contributed by atoms with E-state index in [0.717, 1.165) is 19.4 Å². The first kappa shape index (κ1) is 13.1. The van der Waals surface area contributed by atoms with E-state index in [1.54, 1.807) is 0 Å².